The molecule has 0 saturated heterocycles. The molecule has 1 aliphatic carbocycles. The van der Waals surface area contributed by atoms with Crippen LogP contribution in [0.2, 0.25) is 0 Å². The molecule has 1 amide bonds. The van der Waals surface area contributed by atoms with Crippen molar-refractivity contribution in [1.82, 2.24) is 10.3 Å². The molecule has 0 aromatic carbocycles. The molecule has 1 atom stereocenters. The number of carboxylic acids is 1. The third kappa shape index (κ3) is 3.41. The van der Waals surface area contributed by atoms with Crippen molar-refractivity contribution in [3.05, 3.63) is 15.6 Å². The van der Waals surface area contributed by atoms with Crippen LogP contribution in [0.4, 0.5) is 0 Å². The van der Waals surface area contributed by atoms with Crippen molar-refractivity contribution in [2.24, 2.45) is 5.41 Å². The Hall–Kier alpha value is -1.47. The fraction of sp³-hybridized carbons (Fsp3) is 0.643. The van der Waals surface area contributed by atoms with Gasteiger partial charge in [-0.05, 0) is 33.6 Å². The zero-order valence-corrected chi connectivity index (χ0v) is 13.2. The number of rotatable bonds is 7. The molecular weight excluding hydrogens is 292 g/mol. The lowest BCUT2D eigenvalue weighted by Crippen LogP contribution is -2.36. The van der Waals surface area contributed by atoms with E-state index in [1.807, 2.05) is 13.8 Å². The van der Waals surface area contributed by atoms with Crippen LogP contribution in [0.5, 0.6) is 0 Å². The molecule has 1 saturated carbocycles. The Morgan fingerprint density at radius 1 is 1.52 bits per heavy atom. The highest BCUT2D eigenvalue weighted by Gasteiger charge is 2.50. The maximum Gasteiger partial charge on any atom is 0.347 e. The van der Waals surface area contributed by atoms with E-state index in [0.717, 1.165) is 24.2 Å². The highest BCUT2D eigenvalue weighted by Crippen LogP contribution is 2.46. The molecule has 1 heterocycles. The summed E-state index contributed by atoms with van der Waals surface area (Å²) in [4.78, 5) is 27.8. The Balaban J connectivity index is 2.01. The minimum absolute atomic E-state index is 0.0341. The fourth-order valence-electron chi connectivity index (χ4n) is 2.10. The number of amides is 1. The summed E-state index contributed by atoms with van der Waals surface area (Å²) in [6, 6.07) is -0.298. The number of aromatic nitrogens is 1. The Kier molecular flexibility index (Phi) is 4.63. The van der Waals surface area contributed by atoms with Crippen LogP contribution in [0.1, 0.15) is 53.1 Å². The van der Waals surface area contributed by atoms with Crippen LogP contribution in [-0.2, 0) is 9.53 Å². The Morgan fingerprint density at radius 2 is 2.19 bits per heavy atom. The van der Waals surface area contributed by atoms with Crippen molar-refractivity contribution in [3.8, 4) is 0 Å². The van der Waals surface area contributed by atoms with Gasteiger partial charge in [-0.3, -0.25) is 4.79 Å². The predicted molar refractivity (Wildman–Crippen MR) is 78.5 cm³/mol. The van der Waals surface area contributed by atoms with E-state index in [-0.39, 0.29) is 16.8 Å². The van der Waals surface area contributed by atoms with Gasteiger partial charge in [0, 0.05) is 6.61 Å². The van der Waals surface area contributed by atoms with E-state index in [2.05, 4.69) is 10.3 Å². The third-order valence-corrected chi connectivity index (χ3v) is 4.97. The first-order valence-corrected chi connectivity index (χ1v) is 7.80. The summed E-state index contributed by atoms with van der Waals surface area (Å²) in [6.07, 6.45) is 1.67. The molecule has 6 nitrogen and oxygen atoms in total. The number of hydrogen-bond acceptors (Lipinski definition) is 5. The lowest BCUT2D eigenvalue weighted by molar-refractivity contribution is -0.129. The summed E-state index contributed by atoms with van der Waals surface area (Å²) < 4.78 is 5.37. The summed E-state index contributed by atoms with van der Waals surface area (Å²) >= 11 is 1.11. The summed E-state index contributed by atoms with van der Waals surface area (Å²) in [7, 11) is 0. The molecule has 7 heteroatoms. The van der Waals surface area contributed by atoms with Crippen LogP contribution in [0.15, 0.2) is 0 Å². The molecule has 0 aliphatic heterocycles. The normalized spacial score (nSPS) is 17.3. The van der Waals surface area contributed by atoms with Crippen LogP contribution >= 0.6 is 11.3 Å². The van der Waals surface area contributed by atoms with Gasteiger partial charge in [0.2, 0.25) is 5.91 Å². The average Bonchev–Trinajstić information content (AvgIpc) is 3.12. The molecule has 1 unspecified atom stereocenters. The van der Waals surface area contributed by atoms with Gasteiger partial charge >= 0.3 is 5.97 Å². The highest BCUT2D eigenvalue weighted by molar-refractivity contribution is 7.13. The van der Waals surface area contributed by atoms with Crippen LogP contribution in [0.25, 0.3) is 0 Å². The topological polar surface area (TPSA) is 88.5 Å². The molecule has 2 N–H and O–H groups in total. The Labute approximate surface area is 127 Å². The molecule has 1 aromatic heterocycles. The molecule has 0 radical (unpaired) electrons. The van der Waals surface area contributed by atoms with E-state index in [1.54, 1.807) is 6.92 Å². The van der Waals surface area contributed by atoms with Crippen LogP contribution < -0.4 is 5.32 Å². The first kappa shape index (κ1) is 15.9. The monoisotopic (exact) mass is 312 g/mol. The molecular formula is C14H20N2O4S. The number of aryl methyl sites for hydroxylation is 1. The fourth-order valence-corrected chi connectivity index (χ4v) is 3.01. The van der Waals surface area contributed by atoms with Gasteiger partial charge in [-0.25, -0.2) is 9.78 Å². The van der Waals surface area contributed by atoms with Crippen LogP contribution in [-0.4, -0.2) is 35.2 Å². The number of nitrogens with one attached hydrogen (secondary N) is 1. The van der Waals surface area contributed by atoms with Gasteiger partial charge in [-0.1, -0.05) is 0 Å². The SMILES string of the molecule is CCOCC1(C(=O)NC(C)c2nc(C)c(C(=O)O)s2)CC1. The molecule has 21 heavy (non-hydrogen) atoms. The van der Waals surface area contributed by atoms with Crippen molar-refractivity contribution in [2.75, 3.05) is 13.2 Å². The average molecular weight is 312 g/mol. The van der Waals surface area contributed by atoms with Crippen LogP contribution in [0.3, 0.4) is 0 Å². The van der Waals surface area contributed by atoms with Crippen molar-refractivity contribution in [2.45, 2.75) is 39.7 Å². The lowest BCUT2D eigenvalue weighted by Gasteiger charge is -2.18. The van der Waals surface area contributed by atoms with Gasteiger partial charge < -0.3 is 15.2 Å². The van der Waals surface area contributed by atoms with Crippen molar-refractivity contribution in [3.63, 3.8) is 0 Å². The maximum absolute atomic E-state index is 12.3. The van der Waals surface area contributed by atoms with E-state index in [0.29, 0.717) is 23.9 Å². The number of thiazole rings is 1. The zero-order chi connectivity index (χ0) is 15.6. The molecule has 1 aliphatic rings. The number of carbonyl (C=O) groups is 2. The molecule has 1 aromatic rings. The number of carboxylic acid groups (broad SMARTS) is 1. The van der Waals surface area contributed by atoms with E-state index in [4.69, 9.17) is 9.84 Å². The van der Waals surface area contributed by atoms with E-state index in [1.165, 1.54) is 0 Å². The summed E-state index contributed by atoms with van der Waals surface area (Å²) in [6.45, 7) is 6.42. The molecule has 0 spiro atoms. The van der Waals surface area contributed by atoms with Gasteiger partial charge in [0.25, 0.3) is 0 Å². The number of aromatic carboxylic acids is 1. The second-order valence-electron chi connectivity index (χ2n) is 5.38. The van der Waals surface area contributed by atoms with Gasteiger partial charge in [0.05, 0.1) is 23.8 Å². The van der Waals surface area contributed by atoms with E-state index >= 15 is 0 Å². The molecule has 0 bridgehead atoms. The standard InChI is InChI=1S/C14H20N2O4S/c1-4-20-7-14(5-6-14)13(19)16-9(3)11-15-8(2)10(21-11)12(17)18/h9H,4-7H2,1-3H3,(H,16,19)(H,17,18). The molecule has 1 fully saturated rings. The number of carbonyl (C=O) groups excluding carboxylic acids is 1. The number of ether oxygens (including phenoxy) is 1. The van der Waals surface area contributed by atoms with Crippen molar-refractivity contribution in [1.29, 1.82) is 0 Å². The first-order valence-electron chi connectivity index (χ1n) is 6.99. The van der Waals surface area contributed by atoms with Crippen molar-refractivity contribution < 1.29 is 19.4 Å². The van der Waals surface area contributed by atoms with E-state index < -0.39 is 11.4 Å². The van der Waals surface area contributed by atoms with Gasteiger partial charge in [0.15, 0.2) is 0 Å². The van der Waals surface area contributed by atoms with Gasteiger partial charge in [0.1, 0.15) is 9.88 Å². The highest BCUT2D eigenvalue weighted by atomic mass is 32.1. The summed E-state index contributed by atoms with van der Waals surface area (Å²) in [5.41, 5.74) is 0.0886. The lowest BCUT2D eigenvalue weighted by atomic mass is 10.1. The Morgan fingerprint density at radius 3 is 2.67 bits per heavy atom. The van der Waals surface area contributed by atoms with Crippen molar-refractivity contribution >= 4 is 23.2 Å². The summed E-state index contributed by atoms with van der Waals surface area (Å²) in [5.74, 6) is -1.02. The Bertz CT molecular complexity index is 551. The minimum atomic E-state index is -0.982. The number of hydrogen-bond donors (Lipinski definition) is 2. The third-order valence-electron chi connectivity index (χ3n) is 3.64. The van der Waals surface area contributed by atoms with E-state index in [9.17, 15) is 9.59 Å². The maximum atomic E-state index is 12.3. The number of nitrogens with zero attached hydrogens (tertiary/aromatic N) is 1. The largest absolute Gasteiger partial charge is 0.477 e. The second-order valence-corrected chi connectivity index (χ2v) is 6.42. The minimum Gasteiger partial charge on any atom is -0.477 e. The quantitative estimate of drug-likeness (QED) is 0.805. The second kappa shape index (κ2) is 6.11. The predicted octanol–water partition coefficient (Wildman–Crippen LogP) is 2.14. The van der Waals surface area contributed by atoms with Gasteiger partial charge in [-0.15, -0.1) is 11.3 Å². The summed E-state index contributed by atoms with van der Waals surface area (Å²) in [5, 5.41) is 12.6. The van der Waals surface area contributed by atoms with Crippen LogP contribution in [0, 0.1) is 12.3 Å². The van der Waals surface area contributed by atoms with Gasteiger partial charge in [-0.2, -0.15) is 0 Å². The molecule has 2 rings (SSSR count). The first-order chi connectivity index (χ1) is 9.89. The zero-order valence-electron chi connectivity index (χ0n) is 12.4. The molecule has 116 valence electrons. The smallest absolute Gasteiger partial charge is 0.347 e.